The molecule has 0 aromatic heterocycles. The Morgan fingerprint density at radius 3 is 2.83 bits per heavy atom. The van der Waals surface area contributed by atoms with E-state index in [-0.39, 0.29) is 11.8 Å². The van der Waals surface area contributed by atoms with E-state index >= 15 is 0 Å². The van der Waals surface area contributed by atoms with Gasteiger partial charge in [0.05, 0.1) is 0 Å². The Hall–Kier alpha value is -1.51. The Kier molecular flexibility index (Phi) is 5.58. The van der Waals surface area contributed by atoms with E-state index in [9.17, 15) is 4.79 Å². The molecule has 3 heteroatoms. The zero-order valence-electron chi connectivity index (χ0n) is 14.4. The lowest BCUT2D eigenvalue weighted by Gasteiger charge is -2.30. The molecule has 0 atom stereocenters. The zero-order valence-corrected chi connectivity index (χ0v) is 14.4. The number of nitrogens with zero attached hydrogens (tertiary/aromatic N) is 1. The van der Waals surface area contributed by atoms with Gasteiger partial charge in [0.1, 0.15) is 0 Å². The fraction of sp³-hybridized carbons (Fsp3) is 0.650. The summed E-state index contributed by atoms with van der Waals surface area (Å²) in [4.78, 5) is 14.7. The number of hydrogen-bond acceptors (Lipinski definition) is 2. The second-order valence-electron chi connectivity index (χ2n) is 7.02. The Morgan fingerprint density at radius 1 is 1.22 bits per heavy atom. The second kappa shape index (κ2) is 7.85. The minimum absolute atomic E-state index is 0.269. The highest BCUT2D eigenvalue weighted by Gasteiger charge is 2.20. The number of nitrogens with one attached hydrogen (secondary N) is 1. The summed E-state index contributed by atoms with van der Waals surface area (Å²) in [5.74, 6) is 0.546. The summed E-state index contributed by atoms with van der Waals surface area (Å²) in [6, 6.07) is 6.86. The summed E-state index contributed by atoms with van der Waals surface area (Å²) in [5.41, 5.74) is 4.24. The fourth-order valence-corrected chi connectivity index (χ4v) is 4.05. The first kappa shape index (κ1) is 16.4. The van der Waals surface area contributed by atoms with Crippen LogP contribution in [0.1, 0.15) is 56.6 Å². The molecule has 1 saturated carbocycles. The van der Waals surface area contributed by atoms with Gasteiger partial charge in [0, 0.05) is 31.2 Å². The van der Waals surface area contributed by atoms with Gasteiger partial charge in [0.15, 0.2) is 0 Å². The van der Waals surface area contributed by atoms with Crippen molar-refractivity contribution in [2.75, 3.05) is 24.5 Å². The molecule has 126 valence electrons. The summed E-state index contributed by atoms with van der Waals surface area (Å²) in [7, 11) is 0. The van der Waals surface area contributed by atoms with E-state index in [4.69, 9.17) is 0 Å². The first-order valence-corrected chi connectivity index (χ1v) is 9.42. The molecule has 1 fully saturated rings. The SMILES string of the molecule is CCN1CCCc2cc(CCNC(=O)C3CCCCC3)ccc21. The van der Waals surface area contributed by atoms with Crippen molar-refractivity contribution in [3.63, 3.8) is 0 Å². The van der Waals surface area contributed by atoms with Gasteiger partial charge in [0.2, 0.25) is 5.91 Å². The third-order valence-electron chi connectivity index (χ3n) is 5.43. The normalized spacial score (nSPS) is 18.6. The fourth-order valence-electron chi connectivity index (χ4n) is 4.05. The molecule has 0 bridgehead atoms. The predicted octanol–water partition coefficient (Wildman–Crippen LogP) is 3.70. The van der Waals surface area contributed by atoms with Crippen molar-refractivity contribution >= 4 is 11.6 Å². The largest absolute Gasteiger partial charge is 0.372 e. The van der Waals surface area contributed by atoms with E-state index < -0.39 is 0 Å². The van der Waals surface area contributed by atoms with Crippen LogP contribution >= 0.6 is 0 Å². The maximum Gasteiger partial charge on any atom is 0.223 e. The molecule has 1 aliphatic heterocycles. The summed E-state index contributed by atoms with van der Waals surface area (Å²) in [6.45, 7) is 5.26. The Bertz CT molecular complexity index is 534. The van der Waals surface area contributed by atoms with E-state index in [1.54, 1.807) is 0 Å². The molecular weight excluding hydrogens is 284 g/mol. The van der Waals surface area contributed by atoms with E-state index in [2.05, 4.69) is 35.3 Å². The van der Waals surface area contributed by atoms with Crippen LogP contribution < -0.4 is 10.2 Å². The quantitative estimate of drug-likeness (QED) is 0.899. The standard InChI is InChI=1S/C20H30N2O/c1-2-22-14-6-9-18-15-16(10-11-19(18)22)12-13-21-20(23)17-7-4-3-5-8-17/h10-11,15,17H,2-9,12-14H2,1H3,(H,21,23). The molecule has 3 nitrogen and oxygen atoms in total. The number of anilines is 1. The smallest absolute Gasteiger partial charge is 0.223 e. The van der Waals surface area contributed by atoms with E-state index in [1.165, 1.54) is 55.5 Å². The molecule has 2 aliphatic rings. The maximum absolute atomic E-state index is 12.2. The lowest BCUT2D eigenvalue weighted by molar-refractivity contribution is -0.125. The van der Waals surface area contributed by atoms with Crippen LogP contribution in [0.4, 0.5) is 5.69 Å². The monoisotopic (exact) mass is 314 g/mol. The third-order valence-corrected chi connectivity index (χ3v) is 5.43. The lowest BCUT2D eigenvalue weighted by atomic mass is 9.88. The van der Waals surface area contributed by atoms with Crippen LogP contribution in [0.3, 0.4) is 0 Å². The average molecular weight is 314 g/mol. The van der Waals surface area contributed by atoms with Crippen LogP contribution in [0.2, 0.25) is 0 Å². The van der Waals surface area contributed by atoms with E-state index in [0.717, 1.165) is 32.4 Å². The van der Waals surface area contributed by atoms with Gasteiger partial charge in [0.25, 0.3) is 0 Å². The van der Waals surface area contributed by atoms with E-state index in [1.807, 2.05) is 0 Å². The number of aryl methyl sites for hydroxylation is 1. The summed E-state index contributed by atoms with van der Waals surface area (Å²) >= 11 is 0. The average Bonchev–Trinajstić information content (AvgIpc) is 2.61. The molecule has 3 rings (SSSR count). The second-order valence-corrected chi connectivity index (χ2v) is 7.02. The number of amides is 1. The van der Waals surface area contributed by atoms with Crippen LogP contribution in [0.25, 0.3) is 0 Å². The highest BCUT2D eigenvalue weighted by Crippen LogP contribution is 2.28. The van der Waals surface area contributed by atoms with Crippen LogP contribution in [0, 0.1) is 5.92 Å². The van der Waals surface area contributed by atoms with Crippen molar-refractivity contribution in [3.8, 4) is 0 Å². The Morgan fingerprint density at radius 2 is 2.04 bits per heavy atom. The van der Waals surface area contributed by atoms with E-state index in [0.29, 0.717) is 0 Å². The van der Waals surface area contributed by atoms with Crippen molar-refractivity contribution in [1.82, 2.24) is 5.32 Å². The van der Waals surface area contributed by atoms with Crippen molar-refractivity contribution < 1.29 is 4.79 Å². The predicted molar refractivity (Wildman–Crippen MR) is 95.9 cm³/mol. The van der Waals surface area contributed by atoms with Gasteiger partial charge in [-0.25, -0.2) is 0 Å². The van der Waals surface area contributed by atoms with Crippen molar-refractivity contribution in [2.24, 2.45) is 5.92 Å². The molecule has 1 aromatic rings. The summed E-state index contributed by atoms with van der Waals surface area (Å²) in [6.07, 6.45) is 9.28. The molecule has 23 heavy (non-hydrogen) atoms. The van der Waals surface area contributed by atoms with Gasteiger partial charge in [-0.2, -0.15) is 0 Å². The molecule has 1 N–H and O–H groups in total. The topological polar surface area (TPSA) is 32.3 Å². The van der Waals surface area contributed by atoms with Crippen LogP contribution in [-0.4, -0.2) is 25.5 Å². The summed E-state index contributed by atoms with van der Waals surface area (Å²) < 4.78 is 0. The van der Waals surface area contributed by atoms with Gasteiger partial charge >= 0.3 is 0 Å². The van der Waals surface area contributed by atoms with Crippen molar-refractivity contribution in [2.45, 2.75) is 58.3 Å². The van der Waals surface area contributed by atoms with Gasteiger partial charge in [-0.15, -0.1) is 0 Å². The van der Waals surface area contributed by atoms with Crippen LogP contribution in [0.15, 0.2) is 18.2 Å². The Labute approximate surface area is 140 Å². The molecule has 1 amide bonds. The van der Waals surface area contributed by atoms with Crippen LogP contribution in [-0.2, 0) is 17.6 Å². The lowest BCUT2D eigenvalue weighted by Crippen LogP contribution is -2.33. The third kappa shape index (κ3) is 4.07. The summed E-state index contributed by atoms with van der Waals surface area (Å²) in [5, 5.41) is 3.15. The van der Waals surface area contributed by atoms with Gasteiger partial charge < -0.3 is 10.2 Å². The maximum atomic E-state index is 12.2. The van der Waals surface area contributed by atoms with Crippen LogP contribution in [0.5, 0.6) is 0 Å². The number of carbonyl (C=O) groups is 1. The molecule has 1 aliphatic carbocycles. The highest BCUT2D eigenvalue weighted by atomic mass is 16.1. The first-order chi connectivity index (χ1) is 11.3. The molecule has 0 unspecified atom stereocenters. The van der Waals surface area contributed by atoms with Gasteiger partial charge in [-0.05, 0) is 56.2 Å². The van der Waals surface area contributed by atoms with Gasteiger partial charge in [-0.1, -0.05) is 31.4 Å². The number of fused-ring (bicyclic) bond motifs is 1. The number of hydrogen-bond donors (Lipinski definition) is 1. The van der Waals surface area contributed by atoms with Crippen molar-refractivity contribution in [1.29, 1.82) is 0 Å². The number of benzene rings is 1. The van der Waals surface area contributed by atoms with Gasteiger partial charge in [-0.3, -0.25) is 4.79 Å². The number of rotatable bonds is 5. The minimum Gasteiger partial charge on any atom is -0.372 e. The molecule has 1 aromatic carbocycles. The number of carbonyl (C=O) groups excluding carboxylic acids is 1. The molecule has 0 spiro atoms. The highest BCUT2D eigenvalue weighted by molar-refractivity contribution is 5.78. The Balaban J connectivity index is 1.51. The molecule has 1 heterocycles. The minimum atomic E-state index is 0.269. The molecule has 0 radical (unpaired) electrons. The first-order valence-electron chi connectivity index (χ1n) is 9.42. The van der Waals surface area contributed by atoms with Crippen molar-refractivity contribution in [3.05, 3.63) is 29.3 Å². The molecule has 0 saturated heterocycles. The zero-order chi connectivity index (χ0) is 16.1. The molecular formula is C20H30N2O.